The Labute approximate surface area is 188 Å². The zero-order valence-electron chi connectivity index (χ0n) is 17.2. The van der Waals surface area contributed by atoms with Crippen molar-refractivity contribution in [3.63, 3.8) is 0 Å². The number of benzene rings is 2. The van der Waals surface area contributed by atoms with E-state index >= 15 is 0 Å². The van der Waals surface area contributed by atoms with Crippen molar-refractivity contribution in [2.24, 2.45) is 0 Å². The van der Waals surface area contributed by atoms with Crippen LogP contribution in [0.2, 0.25) is 0 Å². The molecule has 1 N–H and O–H groups in total. The van der Waals surface area contributed by atoms with Crippen molar-refractivity contribution in [3.05, 3.63) is 75.8 Å². The minimum atomic E-state index is -0.544. The molecule has 32 heavy (non-hydrogen) atoms. The van der Waals surface area contributed by atoms with Crippen molar-refractivity contribution < 1.29 is 14.4 Å². The molecule has 7 nitrogen and oxygen atoms in total. The summed E-state index contributed by atoms with van der Waals surface area (Å²) in [5.74, 6) is -0.488. The number of aryl methyl sites for hydroxylation is 2. The molecule has 0 fully saturated rings. The van der Waals surface area contributed by atoms with Crippen LogP contribution in [-0.4, -0.2) is 34.2 Å². The topological polar surface area (TPSA) is 82.6 Å². The number of amides is 3. The fraction of sp³-hybridized carbons (Fsp3) is 0.250. The monoisotopic (exact) mass is 444 g/mol. The summed E-state index contributed by atoms with van der Waals surface area (Å²) in [7, 11) is 0. The Morgan fingerprint density at radius 3 is 2.66 bits per heavy atom. The number of carbonyl (C=O) groups is 3. The largest absolute Gasteiger partial charge is 0.313 e. The van der Waals surface area contributed by atoms with E-state index < -0.39 is 6.17 Å². The van der Waals surface area contributed by atoms with E-state index in [0.29, 0.717) is 21.9 Å². The normalized spacial score (nSPS) is 18.3. The molecule has 2 aliphatic heterocycles. The molecule has 6 rings (SSSR count). The van der Waals surface area contributed by atoms with E-state index in [9.17, 15) is 14.4 Å². The number of anilines is 2. The number of thiazole rings is 1. The second-order valence-electron chi connectivity index (χ2n) is 8.19. The van der Waals surface area contributed by atoms with Crippen LogP contribution in [0.25, 0.3) is 0 Å². The van der Waals surface area contributed by atoms with Crippen molar-refractivity contribution in [1.29, 1.82) is 0 Å². The predicted molar refractivity (Wildman–Crippen MR) is 121 cm³/mol. The summed E-state index contributed by atoms with van der Waals surface area (Å²) < 4.78 is 0. The molecule has 0 bridgehead atoms. The molecular weight excluding hydrogens is 424 g/mol. The van der Waals surface area contributed by atoms with Gasteiger partial charge in [-0.15, -0.1) is 11.3 Å². The number of hydrogen-bond acceptors (Lipinski definition) is 5. The highest BCUT2D eigenvalue weighted by Gasteiger charge is 2.47. The van der Waals surface area contributed by atoms with Crippen molar-refractivity contribution in [2.75, 3.05) is 16.8 Å². The molecule has 1 atom stereocenters. The summed E-state index contributed by atoms with van der Waals surface area (Å²) in [6.45, 7) is 0.201. The highest BCUT2D eigenvalue weighted by Crippen LogP contribution is 2.45. The molecular formula is C24H20N4O3S. The first-order valence-electron chi connectivity index (χ1n) is 10.7. The molecule has 1 aromatic heterocycles. The molecule has 0 saturated carbocycles. The van der Waals surface area contributed by atoms with Crippen molar-refractivity contribution in [2.45, 2.75) is 31.8 Å². The first kappa shape index (κ1) is 19.2. The first-order valence-corrected chi connectivity index (χ1v) is 11.5. The second kappa shape index (κ2) is 7.27. The summed E-state index contributed by atoms with van der Waals surface area (Å²) in [6, 6.07) is 14.5. The third kappa shape index (κ3) is 2.86. The molecule has 1 unspecified atom stereocenters. The van der Waals surface area contributed by atoms with Crippen LogP contribution >= 0.6 is 11.3 Å². The fourth-order valence-electron chi connectivity index (χ4n) is 4.85. The summed E-state index contributed by atoms with van der Waals surface area (Å²) in [4.78, 5) is 48.3. The number of hydrogen-bond donors (Lipinski definition) is 1. The van der Waals surface area contributed by atoms with Gasteiger partial charge in [-0.3, -0.25) is 19.3 Å². The van der Waals surface area contributed by atoms with Crippen molar-refractivity contribution in [3.8, 4) is 0 Å². The first-order chi connectivity index (χ1) is 15.6. The van der Waals surface area contributed by atoms with E-state index in [-0.39, 0.29) is 30.7 Å². The van der Waals surface area contributed by atoms with Gasteiger partial charge in [-0.2, -0.15) is 0 Å². The van der Waals surface area contributed by atoms with Gasteiger partial charge < -0.3 is 10.2 Å². The van der Waals surface area contributed by atoms with E-state index in [1.54, 1.807) is 34.1 Å². The minimum absolute atomic E-state index is 0.124. The van der Waals surface area contributed by atoms with E-state index in [4.69, 9.17) is 0 Å². The van der Waals surface area contributed by atoms with Gasteiger partial charge in [0.2, 0.25) is 5.91 Å². The highest BCUT2D eigenvalue weighted by molar-refractivity contribution is 7.15. The molecule has 3 heterocycles. The van der Waals surface area contributed by atoms with E-state index in [1.807, 2.05) is 24.3 Å². The SMILES string of the molecule is O=C(CCN1C(=O)c2ccccc2N2C(=O)c3ccccc3C12)Nc1nc2c(s1)CCC2. The molecule has 3 amide bonds. The zero-order valence-corrected chi connectivity index (χ0v) is 18.0. The lowest BCUT2D eigenvalue weighted by molar-refractivity contribution is -0.116. The summed E-state index contributed by atoms with van der Waals surface area (Å²) in [5.41, 5.74) is 3.55. The molecule has 3 aliphatic rings. The van der Waals surface area contributed by atoms with Gasteiger partial charge in [0.1, 0.15) is 6.17 Å². The Kier molecular flexibility index (Phi) is 4.36. The Morgan fingerprint density at radius 1 is 1.03 bits per heavy atom. The van der Waals surface area contributed by atoms with Gasteiger partial charge in [-0.25, -0.2) is 4.98 Å². The molecule has 1 aliphatic carbocycles. The van der Waals surface area contributed by atoms with Gasteiger partial charge in [0, 0.05) is 29.0 Å². The number of aromatic nitrogens is 1. The van der Waals surface area contributed by atoms with E-state index in [0.717, 1.165) is 30.5 Å². The van der Waals surface area contributed by atoms with Crippen LogP contribution in [0.3, 0.4) is 0 Å². The average Bonchev–Trinajstić information content (AvgIpc) is 3.47. The smallest absolute Gasteiger partial charge is 0.260 e. The Bertz CT molecular complexity index is 1260. The molecule has 2 aromatic carbocycles. The lowest BCUT2D eigenvalue weighted by Gasteiger charge is -2.40. The van der Waals surface area contributed by atoms with Crippen LogP contribution in [-0.2, 0) is 17.6 Å². The van der Waals surface area contributed by atoms with Crippen molar-refractivity contribution in [1.82, 2.24) is 9.88 Å². The van der Waals surface area contributed by atoms with Crippen LogP contribution in [0.4, 0.5) is 10.8 Å². The molecule has 3 aromatic rings. The van der Waals surface area contributed by atoms with E-state index in [1.165, 1.54) is 16.2 Å². The summed E-state index contributed by atoms with van der Waals surface area (Å²) in [5, 5.41) is 3.51. The summed E-state index contributed by atoms with van der Waals surface area (Å²) >= 11 is 1.53. The van der Waals surface area contributed by atoms with Crippen LogP contribution in [0, 0.1) is 0 Å². The number of nitrogens with zero attached hydrogens (tertiary/aromatic N) is 3. The predicted octanol–water partition coefficient (Wildman–Crippen LogP) is 3.78. The average molecular weight is 445 g/mol. The fourth-order valence-corrected chi connectivity index (χ4v) is 5.91. The van der Waals surface area contributed by atoms with Gasteiger partial charge in [-0.05, 0) is 37.5 Å². The second-order valence-corrected chi connectivity index (χ2v) is 9.28. The van der Waals surface area contributed by atoms with Gasteiger partial charge in [0.05, 0.1) is 16.9 Å². The number of nitrogens with one attached hydrogen (secondary N) is 1. The third-order valence-corrected chi connectivity index (χ3v) is 7.38. The quantitative estimate of drug-likeness (QED) is 0.664. The molecule has 8 heteroatoms. The molecule has 160 valence electrons. The standard InChI is InChI=1S/C24H20N4O3S/c29-20(26-24-25-17-9-5-11-19(17)32-24)12-13-27-21-14-6-1-2-7-15(14)23(31)28(21)18-10-4-3-8-16(18)22(27)30/h1-4,6-8,10,21H,5,9,11-13H2,(H,25,26,29). The lowest BCUT2D eigenvalue weighted by Crippen LogP contribution is -2.48. The van der Waals surface area contributed by atoms with Gasteiger partial charge in [0.15, 0.2) is 5.13 Å². The van der Waals surface area contributed by atoms with Crippen LogP contribution < -0.4 is 10.2 Å². The number of rotatable bonds is 4. The van der Waals surface area contributed by atoms with Gasteiger partial charge in [0.25, 0.3) is 11.8 Å². The third-order valence-electron chi connectivity index (χ3n) is 6.30. The van der Waals surface area contributed by atoms with E-state index in [2.05, 4.69) is 10.3 Å². The van der Waals surface area contributed by atoms with Crippen LogP contribution in [0.1, 0.15) is 55.9 Å². The highest BCUT2D eigenvalue weighted by atomic mass is 32.1. The molecule has 0 radical (unpaired) electrons. The summed E-state index contributed by atoms with van der Waals surface area (Å²) in [6.07, 6.45) is 2.69. The van der Waals surface area contributed by atoms with Crippen molar-refractivity contribution >= 4 is 39.9 Å². The molecule has 0 saturated heterocycles. The van der Waals surface area contributed by atoms with Crippen LogP contribution in [0.5, 0.6) is 0 Å². The minimum Gasteiger partial charge on any atom is -0.313 e. The molecule has 0 spiro atoms. The Morgan fingerprint density at radius 2 is 1.81 bits per heavy atom. The Hall–Kier alpha value is -3.52. The maximum atomic E-state index is 13.4. The van der Waals surface area contributed by atoms with Crippen LogP contribution in [0.15, 0.2) is 48.5 Å². The number of fused-ring (bicyclic) bond motifs is 6. The van der Waals surface area contributed by atoms with Gasteiger partial charge in [-0.1, -0.05) is 30.3 Å². The maximum absolute atomic E-state index is 13.4. The number of para-hydroxylation sites is 1. The Balaban J connectivity index is 1.27. The van der Waals surface area contributed by atoms with Gasteiger partial charge >= 0.3 is 0 Å². The maximum Gasteiger partial charge on any atom is 0.260 e. The number of carbonyl (C=O) groups excluding carboxylic acids is 3. The zero-order chi connectivity index (χ0) is 21.8. The lowest BCUT2D eigenvalue weighted by atomic mass is 10.0.